The van der Waals surface area contributed by atoms with Gasteiger partial charge < -0.3 is 10.0 Å². The van der Waals surface area contributed by atoms with E-state index < -0.39 is 0 Å². The molecule has 1 aromatic heterocycles. The largest absolute Gasteiger partial charge is 0.388 e. The van der Waals surface area contributed by atoms with Crippen molar-refractivity contribution in [2.45, 2.75) is 51.0 Å². The smallest absolute Gasteiger partial charge is 0.0810 e. The Balaban J connectivity index is 1.33. The van der Waals surface area contributed by atoms with Crippen molar-refractivity contribution >= 4 is 0 Å². The van der Waals surface area contributed by atoms with Crippen LogP contribution in [-0.2, 0) is 6.42 Å². The van der Waals surface area contributed by atoms with Crippen LogP contribution in [0.25, 0.3) is 0 Å². The number of aryl methyl sites for hydroxylation is 2. The molecule has 0 bridgehead atoms. The van der Waals surface area contributed by atoms with Crippen molar-refractivity contribution in [1.29, 1.82) is 0 Å². The van der Waals surface area contributed by atoms with Crippen LogP contribution >= 0.6 is 0 Å². The topological polar surface area (TPSA) is 36.4 Å². The van der Waals surface area contributed by atoms with E-state index in [9.17, 15) is 5.11 Å². The number of benzene rings is 1. The van der Waals surface area contributed by atoms with Gasteiger partial charge in [-0.2, -0.15) is 0 Å². The van der Waals surface area contributed by atoms with Gasteiger partial charge in [-0.15, -0.1) is 0 Å². The molecule has 2 heterocycles. The molecule has 0 spiro atoms. The van der Waals surface area contributed by atoms with Gasteiger partial charge in [-0.25, -0.2) is 0 Å². The predicted molar refractivity (Wildman–Crippen MR) is 105 cm³/mol. The van der Waals surface area contributed by atoms with E-state index >= 15 is 0 Å². The van der Waals surface area contributed by atoms with Gasteiger partial charge in [0.25, 0.3) is 0 Å². The zero-order valence-corrected chi connectivity index (χ0v) is 15.8. The summed E-state index contributed by atoms with van der Waals surface area (Å²) in [5, 5.41) is 10.6. The average molecular weight is 351 g/mol. The molecule has 0 radical (unpaired) electrons. The van der Waals surface area contributed by atoms with Gasteiger partial charge in [0.05, 0.1) is 6.10 Å². The van der Waals surface area contributed by atoms with Crippen LogP contribution in [0.3, 0.4) is 0 Å². The number of fused-ring (bicyclic) bond motifs is 1. The van der Waals surface area contributed by atoms with Gasteiger partial charge in [0.2, 0.25) is 0 Å². The summed E-state index contributed by atoms with van der Waals surface area (Å²) in [6.07, 6.45) is 7.01. The van der Waals surface area contributed by atoms with Crippen molar-refractivity contribution in [3.05, 3.63) is 65.0 Å². The van der Waals surface area contributed by atoms with Gasteiger partial charge in [0.15, 0.2) is 0 Å². The first kappa shape index (κ1) is 17.7. The molecule has 1 aliphatic heterocycles. The number of piperidine rings is 1. The van der Waals surface area contributed by atoms with Crippen molar-refractivity contribution in [2.24, 2.45) is 5.92 Å². The number of aliphatic hydroxyl groups is 1. The fourth-order valence-corrected chi connectivity index (χ4v) is 4.87. The second kappa shape index (κ2) is 7.89. The fourth-order valence-electron chi connectivity index (χ4n) is 4.87. The third-order valence-electron chi connectivity index (χ3n) is 6.36. The highest BCUT2D eigenvalue weighted by molar-refractivity contribution is 5.29. The summed E-state index contributed by atoms with van der Waals surface area (Å²) in [5.74, 6) is 1.27. The molecule has 3 heteroatoms. The minimum absolute atomic E-state index is 0.351. The van der Waals surface area contributed by atoms with E-state index in [1.165, 1.54) is 31.5 Å². The molecule has 1 aliphatic carbocycles. The number of aromatic nitrogens is 1. The highest BCUT2D eigenvalue weighted by atomic mass is 16.3. The van der Waals surface area contributed by atoms with Gasteiger partial charge in [-0.05, 0) is 81.1 Å². The highest BCUT2D eigenvalue weighted by Crippen LogP contribution is 2.34. The van der Waals surface area contributed by atoms with Crippen LogP contribution in [0.2, 0.25) is 0 Å². The molecular weight excluding hydrogens is 320 g/mol. The van der Waals surface area contributed by atoms with Gasteiger partial charge in [0.1, 0.15) is 0 Å². The van der Waals surface area contributed by atoms with E-state index in [1.54, 1.807) is 5.56 Å². The van der Waals surface area contributed by atoms with E-state index in [1.807, 2.05) is 18.3 Å². The summed E-state index contributed by atoms with van der Waals surface area (Å²) < 4.78 is 0. The van der Waals surface area contributed by atoms with Crippen LogP contribution in [0.15, 0.2) is 42.6 Å². The van der Waals surface area contributed by atoms with Gasteiger partial charge in [0, 0.05) is 24.0 Å². The maximum absolute atomic E-state index is 10.6. The van der Waals surface area contributed by atoms with Crippen molar-refractivity contribution < 1.29 is 5.11 Å². The van der Waals surface area contributed by atoms with E-state index in [0.717, 1.165) is 37.1 Å². The lowest BCUT2D eigenvalue weighted by Gasteiger charge is -2.35. The number of rotatable bonds is 3. The molecule has 1 N–H and O–H groups in total. The molecule has 2 atom stereocenters. The number of likely N-dealkylation sites (tertiary alicyclic amines) is 1. The molecule has 4 rings (SSSR count). The summed E-state index contributed by atoms with van der Waals surface area (Å²) in [7, 11) is 0. The lowest BCUT2D eigenvalue weighted by atomic mass is 9.86. The summed E-state index contributed by atoms with van der Waals surface area (Å²) >= 11 is 0. The minimum Gasteiger partial charge on any atom is -0.388 e. The maximum atomic E-state index is 10.6. The quantitative estimate of drug-likeness (QED) is 0.841. The van der Waals surface area contributed by atoms with Crippen LogP contribution in [0.4, 0.5) is 0 Å². The van der Waals surface area contributed by atoms with Crippen molar-refractivity contribution in [3.63, 3.8) is 0 Å². The number of hydrogen-bond acceptors (Lipinski definition) is 3. The molecule has 0 unspecified atom stereocenters. The Labute approximate surface area is 157 Å². The first-order valence-electron chi connectivity index (χ1n) is 10.1. The zero-order chi connectivity index (χ0) is 17.9. The second-order valence-corrected chi connectivity index (χ2v) is 8.13. The Kier molecular flexibility index (Phi) is 5.37. The molecule has 0 saturated carbocycles. The monoisotopic (exact) mass is 350 g/mol. The number of hydrogen-bond donors (Lipinski definition) is 1. The minimum atomic E-state index is -0.351. The Morgan fingerprint density at radius 3 is 2.62 bits per heavy atom. The highest BCUT2D eigenvalue weighted by Gasteiger charge is 2.27. The van der Waals surface area contributed by atoms with Crippen LogP contribution in [-0.4, -0.2) is 34.6 Å². The van der Waals surface area contributed by atoms with E-state index in [2.05, 4.69) is 41.1 Å². The van der Waals surface area contributed by atoms with E-state index in [4.69, 9.17) is 0 Å². The van der Waals surface area contributed by atoms with E-state index in [0.29, 0.717) is 11.8 Å². The predicted octanol–water partition coefficient (Wildman–Crippen LogP) is 4.26. The standard InChI is InChI=1S/C23H30N2O/c1-17-5-2-3-6-20(17)19-10-13-25(14-11-19)16-18-8-9-22-21(23(26)15-18)7-4-12-24-22/h2-7,12,18-19,23,26H,8-11,13-16H2,1H3/t18-,23-/m0/s1. The SMILES string of the molecule is Cc1ccccc1C1CCN(C[C@H]2CCc3ncccc3[C@@H](O)C2)CC1. The van der Waals surface area contributed by atoms with Crippen LogP contribution in [0.1, 0.15) is 60.1 Å². The average Bonchev–Trinajstić information content (AvgIpc) is 2.82. The molecule has 26 heavy (non-hydrogen) atoms. The first-order valence-corrected chi connectivity index (χ1v) is 10.1. The summed E-state index contributed by atoms with van der Waals surface area (Å²) in [6.45, 7) is 5.71. The normalized spacial score (nSPS) is 24.8. The summed E-state index contributed by atoms with van der Waals surface area (Å²) in [4.78, 5) is 7.11. The Morgan fingerprint density at radius 2 is 1.81 bits per heavy atom. The lowest BCUT2D eigenvalue weighted by molar-refractivity contribution is 0.117. The first-order chi connectivity index (χ1) is 12.7. The molecule has 1 aromatic carbocycles. The third-order valence-corrected chi connectivity index (χ3v) is 6.36. The van der Waals surface area contributed by atoms with E-state index in [-0.39, 0.29) is 6.10 Å². The fraction of sp³-hybridized carbons (Fsp3) is 0.522. The van der Waals surface area contributed by atoms with Gasteiger partial charge >= 0.3 is 0 Å². The third kappa shape index (κ3) is 3.84. The summed E-state index contributed by atoms with van der Waals surface area (Å²) in [6, 6.07) is 12.8. The van der Waals surface area contributed by atoms with Crippen LogP contribution in [0, 0.1) is 12.8 Å². The number of pyridine rings is 1. The Morgan fingerprint density at radius 1 is 1.04 bits per heavy atom. The van der Waals surface area contributed by atoms with Crippen LogP contribution < -0.4 is 0 Å². The van der Waals surface area contributed by atoms with Gasteiger partial charge in [-0.1, -0.05) is 30.3 Å². The molecule has 1 fully saturated rings. The van der Waals surface area contributed by atoms with Crippen molar-refractivity contribution in [1.82, 2.24) is 9.88 Å². The summed E-state index contributed by atoms with van der Waals surface area (Å²) in [5.41, 5.74) is 5.12. The van der Waals surface area contributed by atoms with Gasteiger partial charge in [-0.3, -0.25) is 4.98 Å². The lowest BCUT2D eigenvalue weighted by Crippen LogP contribution is -2.37. The van der Waals surface area contributed by atoms with Crippen molar-refractivity contribution in [3.8, 4) is 0 Å². The molecule has 2 aromatic rings. The zero-order valence-electron chi connectivity index (χ0n) is 15.8. The second-order valence-electron chi connectivity index (χ2n) is 8.13. The molecule has 3 nitrogen and oxygen atoms in total. The molecule has 0 amide bonds. The molecule has 1 saturated heterocycles. The Bertz CT molecular complexity index is 736. The van der Waals surface area contributed by atoms with Crippen LogP contribution in [0.5, 0.6) is 0 Å². The maximum Gasteiger partial charge on any atom is 0.0810 e. The molecular formula is C23H30N2O. The number of aliphatic hydroxyl groups excluding tert-OH is 1. The molecule has 138 valence electrons. The Hall–Kier alpha value is -1.71. The molecule has 2 aliphatic rings. The van der Waals surface area contributed by atoms with Crippen molar-refractivity contribution in [2.75, 3.05) is 19.6 Å². The number of nitrogens with zero attached hydrogens (tertiary/aromatic N) is 2.